The molecule has 4 rings (SSSR count). The second-order valence-electron chi connectivity index (χ2n) is 6.13. The number of halogens is 1. The van der Waals surface area contributed by atoms with E-state index in [0.717, 1.165) is 16.5 Å². The van der Waals surface area contributed by atoms with Gasteiger partial charge in [0.1, 0.15) is 23.1 Å². The van der Waals surface area contributed by atoms with Crippen molar-refractivity contribution in [3.05, 3.63) is 65.6 Å². The van der Waals surface area contributed by atoms with Gasteiger partial charge in [-0.1, -0.05) is 24.3 Å². The van der Waals surface area contributed by atoms with E-state index in [0.29, 0.717) is 29.9 Å². The number of carbonyl (C=O) groups is 1. The summed E-state index contributed by atoms with van der Waals surface area (Å²) in [5.41, 5.74) is 2.36. The minimum Gasteiger partial charge on any atom is -0.455 e. The summed E-state index contributed by atoms with van der Waals surface area (Å²) in [7, 11) is 0. The fourth-order valence-electron chi connectivity index (χ4n) is 3.13. The topological polar surface area (TPSA) is 39.2 Å². The van der Waals surface area contributed by atoms with Crippen molar-refractivity contribution < 1.29 is 13.9 Å². The van der Waals surface area contributed by atoms with Crippen molar-refractivity contribution >= 4 is 16.7 Å². The summed E-state index contributed by atoms with van der Waals surface area (Å²) in [5, 5.41) is 0.963. The van der Waals surface area contributed by atoms with E-state index < -0.39 is 11.7 Å². The second-order valence-corrected chi connectivity index (χ2v) is 6.13. The van der Waals surface area contributed by atoms with Crippen molar-refractivity contribution in [1.82, 2.24) is 4.98 Å². The number of fused-ring (bicyclic) bond motifs is 1. The van der Waals surface area contributed by atoms with Gasteiger partial charge in [-0.3, -0.25) is 9.78 Å². The molecule has 0 amide bonds. The molecule has 3 aromatic rings. The van der Waals surface area contributed by atoms with Crippen LogP contribution in [-0.2, 0) is 4.79 Å². The molecule has 1 aliphatic carbocycles. The summed E-state index contributed by atoms with van der Waals surface area (Å²) in [5.74, 6) is 0.206. The van der Waals surface area contributed by atoms with Crippen LogP contribution in [0.4, 0.5) is 4.39 Å². The highest BCUT2D eigenvalue weighted by Gasteiger charge is 2.34. The van der Waals surface area contributed by atoms with Crippen molar-refractivity contribution in [1.29, 1.82) is 0 Å². The molecule has 3 nitrogen and oxygen atoms in total. The number of hydrogen-bond donors (Lipinski definition) is 0. The average molecular weight is 321 g/mol. The molecule has 1 heterocycles. The number of aryl methyl sites for hydroxylation is 1. The number of Topliss-reactive ketones (excluding diaryl/α,β-unsaturated/α-hetero) is 1. The first-order valence-electron chi connectivity index (χ1n) is 7.98. The molecule has 1 aromatic heterocycles. The summed E-state index contributed by atoms with van der Waals surface area (Å²) in [6, 6.07) is 12.5. The lowest BCUT2D eigenvalue weighted by atomic mass is 9.78. The molecular weight excluding hydrogens is 305 g/mol. The Balaban J connectivity index is 1.73. The Morgan fingerprint density at radius 2 is 2.04 bits per heavy atom. The summed E-state index contributed by atoms with van der Waals surface area (Å²) in [6.07, 6.45) is 2.81. The quantitative estimate of drug-likeness (QED) is 0.687. The number of para-hydroxylation sites is 1. The second kappa shape index (κ2) is 5.71. The highest BCUT2D eigenvalue weighted by molar-refractivity contribution is 5.92. The summed E-state index contributed by atoms with van der Waals surface area (Å²) >= 11 is 0. The minimum atomic E-state index is -0.393. The molecule has 0 saturated heterocycles. The zero-order valence-corrected chi connectivity index (χ0v) is 13.3. The van der Waals surface area contributed by atoms with E-state index in [2.05, 4.69) is 4.98 Å². The van der Waals surface area contributed by atoms with Gasteiger partial charge in [-0.05, 0) is 37.1 Å². The van der Waals surface area contributed by atoms with Crippen molar-refractivity contribution in [3.63, 3.8) is 0 Å². The summed E-state index contributed by atoms with van der Waals surface area (Å²) in [4.78, 5) is 16.2. The lowest BCUT2D eigenvalue weighted by molar-refractivity contribution is -0.125. The van der Waals surface area contributed by atoms with Crippen molar-refractivity contribution in [2.75, 3.05) is 0 Å². The molecule has 120 valence electrons. The smallest absolute Gasteiger partial charge is 0.146 e. The van der Waals surface area contributed by atoms with E-state index in [9.17, 15) is 9.18 Å². The molecule has 0 N–H and O–H groups in total. The first kappa shape index (κ1) is 14.8. The van der Waals surface area contributed by atoms with Gasteiger partial charge >= 0.3 is 0 Å². The van der Waals surface area contributed by atoms with Crippen LogP contribution in [0.3, 0.4) is 0 Å². The zero-order chi connectivity index (χ0) is 16.7. The van der Waals surface area contributed by atoms with Gasteiger partial charge in [-0.25, -0.2) is 4.39 Å². The Morgan fingerprint density at radius 3 is 2.79 bits per heavy atom. The number of ketones is 1. The third kappa shape index (κ3) is 2.44. The Kier molecular flexibility index (Phi) is 3.53. The fourth-order valence-corrected chi connectivity index (χ4v) is 3.13. The molecule has 2 aromatic carbocycles. The van der Waals surface area contributed by atoms with Crippen molar-refractivity contribution in [2.24, 2.45) is 0 Å². The first-order chi connectivity index (χ1) is 11.6. The zero-order valence-electron chi connectivity index (χ0n) is 13.3. The van der Waals surface area contributed by atoms with E-state index in [4.69, 9.17) is 4.74 Å². The number of carbonyl (C=O) groups excluding carboxylic acids is 1. The largest absolute Gasteiger partial charge is 0.455 e. The monoisotopic (exact) mass is 321 g/mol. The van der Waals surface area contributed by atoms with Gasteiger partial charge in [0.15, 0.2) is 0 Å². The molecule has 1 unspecified atom stereocenters. The van der Waals surface area contributed by atoms with E-state index in [1.165, 1.54) is 6.07 Å². The molecule has 0 aliphatic heterocycles. The number of hydrogen-bond acceptors (Lipinski definition) is 3. The highest BCUT2D eigenvalue weighted by atomic mass is 19.1. The van der Waals surface area contributed by atoms with Crippen LogP contribution in [0.1, 0.15) is 29.9 Å². The van der Waals surface area contributed by atoms with E-state index >= 15 is 0 Å². The Morgan fingerprint density at radius 1 is 1.21 bits per heavy atom. The lowest BCUT2D eigenvalue weighted by Gasteiger charge is -2.26. The molecule has 1 fully saturated rings. The molecule has 1 aliphatic rings. The van der Waals surface area contributed by atoms with Crippen LogP contribution >= 0.6 is 0 Å². The van der Waals surface area contributed by atoms with Gasteiger partial charge in [0.2, 0.25) is 0 Å². The van der Waals surface area contributed by atoms with Crippen molar-refractivity contribution in [3.8, 4) is 11.5 Å². The molecule has 0 spiro atoms. The number of aromatic nitrogens is 1. The van der Waals surface area contributed by atoms with E-state index in [1.54, 1.807) is 18.3 Å². The fraction of sp³-hybridized carbons (Fsp3) is 0.200. The molecular formula is C20H16FNO2. The van der Waals surface area contributed by atoms with Crippen LogP contribution in [0.2, 0.25) is 0 Å². The Labute approximate surface area is 139 Å². The van der Waals surface area contributed by atoms with Gasteiger partial charge in [-0.2, -0.15) is 0 Å². The van der Waals surface area contributed by atoms with Crippen LogP contribution < -0.4 is 4.74 Å². The third-order valence-electron chi connectivity index (χ3n) is 4.54. The maximum absolute atomic E-state index is 14.3. The Bertz CT molecular complexity index is 952. The number of benzene rings is 2. The SMILES string of the molecule is Cc1cccc2cc(Oc3cccc(F)c3C3CCC3=O)cnc12. The predicted molar refractivity (Wildman–Crippen MR) is 89.9 cm³/mol. The van der Waals surface area contributed by atoms with Gasteiger partial charge in [-0.15, -0.1) is 0 Å². The van der Waals surface area contributed by atoms with Gasteiger partial charge < -0.3 is 4.74 Å². The highest BCUT2D eigenvalue weighted by Crippen LogP contribution is 2.41. The van der Waals surface area contributed by atoms with E-state index in [1.807, 2.05) is 31.2 Å². The van der Waals surface area contributed by atoms with Gasteiger partial charge in [0.05, 0.1) is 11.7 Å². The number of pyridine rings is 1. The number of nitrogens with zero attached hydrogens (tertiary/aromatic N) is 1. The average Bonchev–Trinajstić information content (AvgIpc) is 2.56. The number of rotatable bonds is 3. The first-order valence-corrected chi connectivity index (χ1v) is 7.98. The summed E-state index contributed by atoms with van der Waals surface area (Å²) < 4.78 is 20.1. The molecule has 1 saturated carbocycles. The molecule has 1 atom stereocenters. The van der Waals surface area contributed by atoms with Crippen molar-refractivity contribution in [2.45, 2.75) is 25.7 Å². The standard InChI is InChI=1S/C20H16FNO2/c1-12-4-2-5-13-10-14(11-22-20(12)13)24-18-7-3-6-16(21)19(18)15-8-9-17(15)23/h2-7,10-11,15H,8-9H2,1H3. The normalized spacial score (nSPS) is 16.9. The van der Waals surface area contributed by atoms with Crippen LogP contribution in [-0.4, -0.2) is 10.8 Å². The maximum Gasteiger partial charge on any atom is 0.146 e. The number of ether oxygens (including phenoxy) is 1. The summed E-state index contributed by atoms with van der Waals surface area (Å²) in [6.45, 7) is 2.00. The molecule has 0 bridgehead atoms. The third-order valence-corrected chi connectivity index (χ3v) is 4.54. The van der Waals surface area contributed by atoms with Crippen LogP contribution in [0.15, 0.2) is 48.7 Å². The Hall–Kier alpha value is -2.75. The lowest BCUT2D eigenvalue weighted by Crippen LogP contribution is -2.24. The predicted octanol–water partition coefficient (Wildman–Crippen LogP) is 4.92. The van der Waals surface area contributed by atoms with Gasteiger partial charge in [0, 0.05) is 23.3 Å². The maximum atomic E-state index is 14.3. The molecule has 4 heteroatoms. The minimum absolute atomic E-state index is 0.0669. The van der Waals surface area contributed by atoms with Crippen LogP contribution in [0.5, 0.6) is 11.5 Å². The molecule has 0 radical (unpaired) electrons. The molecule has 24 heavy (non-hydrogen) atoms. The van der Waals surface area contributed by atoms with E-state index in [-0.39, 0.29) is 5.78 Å². The van der Waals surface area contributed by atoms with Crippen LogP contribution in [0.25, 0.3) is 10.9 Å². The van der Waals surface area contributed by atoms with Crippen LogP contribution in [0, 0.1) is 12.7 Å². The van der Waals surface area contributed by atoms with Gasteiger partial charge in [0.25, 0.3) is 0 Å².